The molecule has 2 unspecified atom stereocenters. The Morgan fingerprint density at radius 1 is 1.16 bits per heavy atom. The molecule has 4 aromatic rings. The van der Waals surface area contributed by atoms with E-state index in [2.05, 4.69) is 70.7 Å². The van der Waals surface area contributed by atoms with Gasteiger partial charge in [0, 0.05) is 38.1 Å². The van der Waals surface area contributed by atoms with Crippen molar-refractivity contribution < 1.29 is 4.74 Å². The zero-order valence-corrected chi connectivity index (χ0v) is 21.2. The number of fused-ring (bicyclic) bond motifs is 2. The number of ether oxygens (including phenoxy) is 1. The number of rotatable bonds is 7. The van der Waals surface area contributed by atoms with Gasteiger partial charge in [0.15, 0.2) is 11.5 Å². The normalized spacial score (nSPS) is 20.5. The maximum absolute atomic E-state index is 9.23. The number of aromatic nitrogens is 4. The number of likely N-dealkylation sites (N-methyl/N-ethyl adjacent to an activating group) is 1. The lowest BCUT2D eigenvalue weighted by atomic mass is 10.0. The predicted molar refractivity (Wildman–Crippen MR) is 143 cm³/mol. The Kier molecular flexibility index (Phi) is 6.60. The fraction of sp³-hybridized carbons (Fsp3) is 0.429. The maximum Gasteiger partial charge on any atom is 0.336 e. The first kappa shape index (κ1) is 23.6. The van der Waals surface area contributed by atoms with Crippen LogP contribution in [0.25, 0.3) is 16.4 Å². The number of anilines is 1. The molecule has 0 amide bonds. The minimum Gasteiger partial charge on any atom is -0.461 e. The first-order chi connectivity index (χ1) is 18.2. The van der Waals surface area contributed by atoms with Gasteiger partial charge in [-0.15, -0.1) is 5.10 Å². The highest BCUT2D eigenvalue weighted by Gasteiger charge is 2.26. The van der Waals surface area contributed by atoms with Gasteiger partial charge in [-0.25, -0.2) is 9.50 Å². The first-order valence-corrected chi connectivity index (χ1v) is 13.1. The number of nitrogens with zero attached hydrogens (tertiary/aromatic N) is 7. The van der Waals surface area contributed by atoms with Crippen molar-refractivity contribution in [1.29, 1.82) is 5.26 Å². The third-order valence-corrected chi connectivity index (χ3v) is 7.62. The van der Waals surface area contributed by atoms with Crippen LogP contribution in [-0.2, 0) is 6.42 Å². The molecule has 0 bridgehead atoms. The van der Waals surface area contributed by atoms with Crippen LogP contribution in [0, 0.1) is 11.3 Å². The quantitative estimate of drug-likeness (QED) is 0.417. The zero-order chi connectivity index (χ0) is 25.2. The average molecular weight is 497 g/mol. The number of hydrogen-bond acceptors (Lipinski definition) is 8. The van der Waals surface area contributed by atoms with E-state index in [4.69, 9.17) is 19.8 Å². The fourth-order valence-electron chi connectivity index (χ4n) is 5.55. The van der Waals surface area contributed by atoms with Gasteiger partial charge in [0.1, 0.15) is 6.61 Å². The minimum atomic E-state index is 0.0930. The molecule has 9 heteroatoms. The molecule has 2 aromatic heterocycles. The standard InChI is InChI=1S/C28H32N8O/c1-34-14-5-9-23(34)19-37-28-32-27(35-15-13-30-22(18-35)11-12-29)26-31-17-24(36(26)33-28)16-21-8-4-7-20-6-2-3-10-25(20)21/h2-4,6-8,10,17,22-23,30H,5,9,11,13-16,18-19H2,1H3. The van der Waals surface area contributed by atoms with Gasteiger partial charge in [0.05, 0.1) is 24.4 Å². The molecule has 0 saturated carbocycles. The second-order valence-corrected chi connectivity index (χ2v) is 10.1. The fourth-order valence-corrected chi connectivity index (χ4v) is 5.55. The molecule has 9 nitrogen and oxygen atoms in total. The molecular formula is C28H32N8O. The summed E-state index contributed by atoms with van der Waals surface area (Å²) in [6.07, 6.45) is 5.36. The third kappa shape index (κ3) is 4.82. The first-order valence-electron chi connectivity index (χ1n) is 13.1. The summed E-state index contributed by atoms with van der Waals surface area (Å²) >= 11 is 0. The Hall–Kier alpha value is -3.74. The molecule has 6 rings (SSSR count). The van der Waals surface area contributed by atoms with Gasteiger partial charge in [-0.1, -0.05) is 42.5 Å². The van der Waals surface area contributed by atoms with Crippen molar-refractivity contribution >= 4 is 22.2 Å². The zero-order valence-electron chi connectivity index (χ0n) is 21.2. The number of piperazine rings is 1. The lowest BCUT2D eigenvalue weighted by Gasteiger charge is -2.33. The number of nitrogens with one attached hydrogen (secondary N) is 1. The van der Waals surface area contributed by atoms with Crippen molar-refractivity contribution in [1.82, 2.24) is 29.8 Å². The van der Waals surface area contributed by atoms with Crippen molar-refractivity contribution in [2.24, 2.45) is 0 Å². The number of likely N-dealkylation sites (tertiary alicyclic amines) is 1. The summed E-state index contributed by atoms with van der Waals surface area (Å²) in [5.41, 5.74) is 2.94. The van der Waals surface area contributed by atoms with Crippen LogP contribution < -0.4 is 15.0 Å². The highest BCUT2D eigenvalue weighted by Crippen LogP contribution is 2.26. The molecule has 2 aromatic carbocycles. The Morgan fingerprint density at radius 2 is 2.05 bits per heavy atom. The van der Waals surface area contributed by atoms with E-state index in [0.717, 1.165) is 43.2 Å². The van der Waals surface area contributed by atoms with Gasteiger partial charge in [0.25, 0.3) is 0 Å². The Bertz CT molecular complexity index is 1440. The summed E-state index contributed by atoms with van der Waals surface area (Å²) in [6.45, 7) is 3.92. The molecule has 2 aliphatic heterocycles. The molecular weight excluding hydrogens is 464 g/mol. The third-order valence-electron chi connectivity index (χ3n) is 7.62. The van der Waals surface area contributed by atoms with Crippen LogP contribution in [0.5, 0.6) is 6.01 Å². The number of benzene rings is 2. The summed E-state index contributed by atoms with van der Waals surface area (Å²) in [4.78, 5) is 14.2. The highest BCUT2D eigenvalue weighted by atomic mass is 16.5. The van der Waals surface area contributed by atoms with E-state index in [0.29, 0.717) is 38.0 Å². The Balaban J connectivity index is 1.37. The molecule has 0 spiro atoms. The number of imidazole rings is 1. The van der Waals surface area contributed by atoms with Crippen LogP contribution in [0.1, 0.15) is 30.5 Å². The van der Waals surface area contributed by atoms with Crippen molar-refractivity contribution in [3.63, 3.8) is 0 Å². The number of hydrogen-bond donors (Lipinski definition) is 1. The van der Waals surface area contributed by atoms with Gasteiger partial charge in [-0.05, 0) is 42.8 Å². The van der Waals surface area contributed by atoms with Crippen LogP contribution >= 0.6 is 0 Å². The second kappa shape index (κ2) is 10.3. The smallest absolute Gasteiger partial charge is 0.336 e. The van der Waals surface area contributed by atoms with E-state index in [1.54, 1.807) is 0 Å². The predicted octanol–water partition coefficient (Wildman–Crippen LogP) is 3.03. The molecule has 2 saturated heterocycles. The van der Waals surface area contributed by atoms with E-state index >= 15 is 0 Å². The van der Waals surface area contributed by atoms with Crippen LogP contribution in [0.15, 0.2) is 48.7 Å². The van der Waals surface area contributed by atoms with Gasteiger partial charge < -0.3 is 19.9 Å². The van der Waals surface area contributed by atoms with Gasteiger partial charge >= 0.3 is 6.01 Å². The Labute approximate surface area is 216 Å². The monoisotopic (exact) mass is 496 g/mol. The lowest BCUT2D eigenvalue weighted by molar-refractivity contribution is 0.185. The molecule has 1 N–H and O–H groups in total. The van der Waals surface area contributed by atoms with Gasteiger partial charge in [-0.2, -0.15) is 10.2 Å². The van der Waals surface area contributed by atoms with E-state index in [-0.39, 0.29) is 6.04 Å². The molecule has 2 fully saturated rings. The van der Waals surface area contributed by atoms with E-state index in [1.807, 2.05) is 10.7 Å². The highest BCUT2D eigenvalue weighted by molar-refractivity contribution is 5.86. The van der Waals surface area contributed by atoms with E-state index < -0.39 is 0 Å². The van der Waals surface area contributed by atoms with Crippen LogP contribution in [0.2, 0.25) is 0 Å². The summed E-state index contributed by atoms with van der Waals surface area (Å²) in [5, 5.41) is 19.9. The molecule has 0 radical (unpaired) electrons. The minimum absolute atomic E-state index is 0.0930. The summed E-state index contributed by atoms with van der Waals surface area (Å²) in [7, 11) is 2.14. The second-order valence-electron chi connectivity index (χ2n) is 10.1. The van der Waals surface area contributed by atoms with Crippen LogP contribution in [0.4, 0.5) is 5.82 Å². The largest absolute Gasteiger partial charge is 0.461 e. The van der Waals surface area contributed by atoms with Gasteiger partial charge in [-0.3, -0.25) is 0 Å². The van der Waals surface area contributed by atoms with Crippen LogP contribution in [-0.4, -0.2) is 76.4 Å². The van der Waals surface area contributed by atoms with Crippen molar-refractivity contribution in [3.05, 3.63) is 59.9 Å². The molecule has 190 valence electrons. The molecule has 2 atom stereocenters. The number of nitriles is 1. The molecule has 37 heavy (non-hydrogen) atoms. The summed E-state index contributed by atoms with van der Waals surface area (Å²) < 4.78 is 8.11. The molecule has 4 heterocycles. The van der Waals surface area contributed by atoms with E-state index in [1.165, 1.54) is 22.8 Å². The molecule has 2 aliphatic rings. The van der Waals surface area contributed by atoms with Crippen LogP contribution in [0.3, 0.4) is 0 Å². The summed E-state index contributed by atoms with van der Waals surface area (Å²) in [5.74, 6) is 0.762. The maximum atomic E-state index is 9.23. The SMILES string of the molecule is CN1CCCC1COc1nc(N2CCNC(CC#N)C2)c2ncc(Cc3cccc4ccccc34)n2n1. The van der Waals surface area contributed by atoms with Crippen molar-refractivity contribution in [2.45, 2.75) is 37.8 Å². The van der Waals surface area contributed by atoms with Crippen molar-refractivity contribution in [2.75, 3.05) is 44.7 Å². The summed E-state index contributed by atoms with van der Waals surface area (Å²) in [6, 6.07) is 18.0. The topological polar surface area (TPSA) is 94.6 Å². The molecule has 0 aliphatic carbocycles. The average Bonchev–Trinajstić information content (AvgIpc) is 3.53. The van der Waals surface area contributed by atoms with Gasteiger partial charge in [0.2, 0.25) is 0 Å². The Morgan fingerprint density at radius 3 is 2.92 bits per heavy atom. The lowest BCUT2D eigenvalue weighted by Crippen LogP contribution is -2.51. The van der Waals surface area contributed by atoms with Crippen molar-refractivity contribution in [3.8, 4) is 12.1 Å². The van der Waals surface area contributed by atoms with E-state index in [9.17, 15) is 5.26 Å².